The van der Waals surface area contributed by atoms with Gasteiger partial charge in [-0.1, -0.05) is 109 Å². The van der Waals surface area contributed by atoms with Crippen molar-refractivity contribution in [2.24, 2.45) is 17.8 Å². The van der Waals surface area contributed by atoms with Crippen LogP contribution in [0.3, 0.4) is 0 Å². The van der Waals surface area contributed by atoms with Gasteiger partial charge in [0.25, 0.3) is 0 Å². The maximum Gasteiger partial charge on any atom is 0.305 e. The van der Waals surface area contributed by atoms with Gasteiger partial charge in [0.2, 0.25) is 0 Å². The second-order valence-electron chi connectivity index (χ2n) is 12.9. The number of ether oxygens (including phenoxy) is 2. The van der Waals surface area contributed by atoms with Crippen LogP contribution in [0, 0.1) is 17.8 Å². The molecule has 5 atom stereocenters. The molecule has 44 heavy (non-hydrogen) atoms. The van der Waals surface area contributed by atoms with Crippen LogP contribution in [0.2, 0.25) is 0 Å². The molecule has 0 heterocycles. The number of Topliss-reactive ketones (excluding diaryl/α,β-unsaturated/α-hetero) is 1. The Morgan fingerprint density at radius 2 is 1.43 bits per heavy atom. The minimum absolute atomic E-state index is 0.0309. The van der Waals surface area contributed by atoms with Crippen molar-refractivity contribution < 1.29 is 39.2 Å². The van der Waals surface area contributed by atoms with E-state index in [1.165, 1.54) is 32.1 Å². The van der Waals surface area contributed by atoms with Crippen molar-refractivity contribution in [2.45, 2.75) is 155 Å². The summed E-state index contributed by atoms with van der Waals surface area (Å²) in [4.78, 5) is 36.3. The number of carbonyl (C=O) groups is 3. The van der Waals surface area contributed by atoms with Gasteiger partial charge in [-0.2, -0.15) is 0 Å². The number of rotatable bonds is 26. The smallest absolute Gasteiger partial charge is 0.305 e. The van der Waals surface area contributed by atoms with Gasteiger partial charge in [0, 0.05) is 31.1 Å². The summed E-state index contributed by atoms with van der Waals surface area (Å²) in [7, 11) is 0. The monoisotopic (exact) mass is 622 g/mol. The maximum absolute atomic E-state index is 12.4. The van der Waals surface area contributed by atoms with E-state index in [1.54, 1.807) is 12.2 Å². The van der Waals surface area contributed by atoms with Crippen LogP contribution in [0.15, 0.2) is 24.3 Å². The normalized spacial score (nSPS) is 20.2. The summed E-state index contributed by atoms with van der Waals surface area (Å²) in [6.45, 7) is 6.22. The minimum atomic E-state index is -1.05. The Labute approximate surface area is 266 Å². The van der Waals surface area contributed by atoms with Crippen LogP contribution >= 0.6 is 0 Å². The Hall–Kier alpha value is -2.03. The van der Waals surface area contributed by atoms with Crippen LogP contribution in [0.1, 0.15) is 136 Å². The Kier molecular flexibility index (Phi) is 22.9. The first-order chi connectivity index (χ1) is 21.1. The van der Waals surface area contributed by atoms with Crippen molar-refractivity contribution in [3.8, 4) is 0 Å². The van der Waals surface area contributed by atoms with Gasteiger partial charge in [0.15, 0.2) is 0 Å². The highest BCUT2D eigenvalue weighted by Gasteiger charge is 2.39. The molecule has 0 aliphatic heterocycles. The van der Waals surface area contributed by atoms with Crippen LogP contribution in [-0.4, -0.2) is 64.6 Å². The Bertz CT molecular complexity index is 836. The fraction of sp³-hybridized carbons (Fsp3) is 0.806. The Morgan fingerprint density at radius 1 is 0.841 bits per heavy atom. The molecule has 1 rings (SSSR count). The summed E-state index contributed by atoms with van der Waals surface area (Å²) in [6.07, 6.45) is 20.4. The van der Waals surface area contributed by atoms with Crippen molar-refractivity contribution in [3.63, 3.8) is 0 Å². The largest absolute Gasteiger partial charge is 0.463 e. The third-order valence-electron chi connectivity index (χ3n) is 8.24. The molecule has 1 saturated carbocycles. The lowest BCUT2D eigenvalue weighted by Gasteiger charge is -2.16. The number of carbonyl (C=O) groups excluding carboxylic acids is 3. The van der Waals surface area contributed by atoms with Gasteiger partial charge >= 0.3 is 11.9 Å². The van der Waals surface area contributed by atoms with Gasteiger partial charge in [0.1, 0.15) is 25.1 Å². The minimum Gasteiger partial charge on any atom is -0.463 e. The molecule has 0 spiro atoms. The molecule has 8 heteroatoms. The molecule has 0 saturated heterocycles. The first kappa shape index (κ1) is 40.0. The zero-order chi connectivity index (χ0) is 32.6. The van der Waals surface area contributed by atoms with Crippen LogP contribution in [0.5, 0.6) is 0 Å². The Morgan fingerprint density at radius 3 is 2.07 bits per heavy atom. The molecule has 1 aliphatic carbocycles. The topological polar surface area (TPSA) is 130 Å². The fourth-order valence-corrected chi connectivity index (χ4v) is 5.49. The lowest BCUT2D eigenvalue weighted by Crippen LogP contribution is -2.25. The predicted molar refractivity (Wildman–Crippen MR) is 174 cm³/mol. The number of aliphatic hydroxyl groups is 3. The van der Waals surface area contributed by atoms with E-state index in [4.69, 9.17) is 9.47 Å². The van der Waals surface area contributed by atoms with E-state index in [9.17, 15) is 29.7 Å². The zero-order valence-electron chi connectivity index (χ0n) is 27.8. The summed E-state index contributed by atoms with van der Waals surface area (Å²) in [5, 5.41) is 30.5. The van der Waals surface area contributed by atoms with E-state index >= 15 is 0 Å². The Balaban J connectivity index is 2.13. The zero-order valence-corrected chi connectivity index (χ0v) is 27.8. The standard InChI is InChI=1S/C36H62O8/c1-4-5-13-19-29(37)23-24-32-31(33(39)25-34(32)40)20-15-11-12-17-22-36(42)44-27-30(38)26-43-35(41)21-16-10-8-6-7-9-14-18-28(2)3/h11,15,23-24,28-32,34,37-38,40H,4-10,12-14,16-22,25-27H2,1-3H3/b15-11-,24-23+/t29-,30-,31+,32+,34+/m0/s1. The molecule has 0 radical (unpaired) electrons. The highest BCUT2D eigenvalue weighted by atomic mass is 16.6. The van der Waals surface area contributed by atoms with Crippen molar-refractivity contribution >= 4 is 17.7 Å². The van der Waals surface area contributed by atoms with Gasteiger partial charge in [0.05, 0.1) is 12.2 Å². The van der Waals surface area contributed by atoms with E-state index in [-0.39, 0.29) is 49.6 Å². The molecule has 3 N–H and O–H groups in total. The molecule has 0 aromatic heterocycles. The van der Waals surface area contributed by atoms with E-state index in [0.29, 0.717) is 32.1 Å². The number of aliphatic hydroxyl groups excluding tert-OH is 3. The summed E-state index contributed by atoms with van der Waals surface area (Å²) in [5.41, 5.74) is 0. The molecule has 0 bridgehead atoms. The average molecular weight is 623 g/mol. The number of hydrogen-bond donors (Lipinski definition) is 3. The first-order valence-corrected chi connectivity index (χ1v) is 17.3. The van der Waals surface area contributed by atoms with Crippen LogP contribution < -0.4 is 0 Å². The van der Waals surface area contributed by atoms with Crippen molar-refractivity contribution in [3.05, 3.63) is 24.3 Å². The van der Waals surface area contributed by atoms with Gasteiger partial charge in [-0.25, -0.2) is 0 Å². The summed E-state index contributed by atoms with van der Waals surface area (Å²) < 4.78 is 10.2. The van der Waals surface area contributed by atoms with Crippen LogP contribution in [0.25, 0.3) is 0 Å². The molecule has 0 aromatic rings. The summed E-state index contributed by atoms with van der Waals surface area (Å²) >= 11 is 0. The third-order valence-corrected chi connectivity index (χ3v) is 8.24. The van der Waals surface area contributed by atoms with E-state index in [0.717, 1.165) is 44.4 Å². The lowest BCUT2D eigenvalue weighted by atomic mass is 9.90. The molecule has 8 nitrogen and oxygen atoms in total. The van der Waals surface area contributed by atoms with Gasteiger partial charge in [-0.05, 0) is 38.0 Å². The summed E-state index contributed by atoms with van der Waals surface area (Å²) in [5.74, 6) is -0.569. The molecular formula is C36H62O8. The van der Waals surface area contributed by atoms with Crippen molar-refractivity contribution in [1.82, 2.24) is 0 Å². The average Bonchev–Trinajstić information content (AvgIpc) is 3.25. The molecular weight excluding hydrogens is 560 g/mol. The lowest BCUT2D eigenvalue weighted by molar-refractivity contribution is -0.152. The second kappa shape index (κ2) is 25.2. The molecule has 0 amide bonds. The first-order valence-electron chi connectivity index (χ1n) is 17.3. The molecule has 254 valence electrons. The van der Waals surface area contributed by atoms with Crippen LogP contribution in [0.4, 0.5) is 0 Å². The van der Waals surface area contributed by atoms with Gasteiger partial charge < -0.3 is 24.8 Å². The van der Waals surface area contributed by atoms with E-state index < -0.39 is 24.3 Å². The molecule has 0 unspecified atom stereocenters. The molecule has 1 aliphatic rings. The number of esters is 2. The van der Waals surface area contributed by atoms with E-state index in [1.807, 2.05) is 12.2 Å². The molecule has 1 fully saturated rings. The highest BCUT2D eigenvalue weighted by molar-refractivity contribution is 5.84. The number of allylic oxidation sites excluding steroid dienone is 2. The number of ketones is 1. The van der Waals surface area contributed by atoms with Crippen molar-refractivity contribution in [1.29, 1.82) is 0 Å². The van der Waals surface area contributed by atoms with Crippen molar-refractivity contribution in [2.75, 3.05) is 13.2 Å². The summed E-state index contributed by atoms with van der Waals surface area (Å²) in [6, 6.07) is 0. The van der Waals surface area contributed by atoms with Gasteiger partial charge in [-0.15, -0.1) is 0 Å². The maximum atomic E-state index is 12.4. The third kappa shape index (κ3) is 20.1. The van der Waals surface area contributed by atoms with Gasteiger partial charge in [-0.3, -0.25) is 14.4 Å². The fourth-order valence-electron chi connectivity index (χ4n) is 5.49. The second-order valence-corrected chi connectivity index (χ2v) is 12.9. The van der Waals surface area contributed by atoms with Crippen LogP contribution in [-0.2, 0) is 23.9 Å². The molecule has 0 aromatic carbocycles. The highest BCUT2D eigenvalue weighted by Crippen LogP contribution is 2.33. The quantitative estimate of drug-likeness (QED) is 0.0547. The number of hydrogen-bond acceptors (Lipinski definition) is 8. The SMILES string of the molecule is CCCCC[C@H](O)/C=C/[C@H]1[C@H](O)CC(=O)[C@@H]1C/C=C\CCCC(=O)OC[C@@H](O)COC(=O)CCCCCCCCCC(C)C. The predicted octanol–water partition coefficient (Wildman–Crippen LogP) is 6.78. The van der Waals surface area contributed by atoms with E-state index in [2.05, 4.69) is 20.8 Å². The number of unbranched alkanes of at least 4 members (excludes halogenated alkanes) is 9.